The van der Waals surface area contributed by atoms with E-state index in [0.29, 0.717) is 0 Å². The molecule has 0 saturated carbocycles. The van der Waals surface area contributed by atoms with Crippen LogP contribution in [0.2, 0.25) is 0 Å². The zero-order valence-corrected chi connectivity index (χ0v) is 7.23. The fourth-order valence-electron chi connectivity index (χ4n) is 0. The third-order valence-electron chi connectivity index (χ3n) is 0.243. The van der Waals surface area contributed by atoms with Crippen LogP contribution < -0.4 is 36.9 Å². The van der Waals surface area contributed by atoms with Gasteiger partial charge in [0.2, 0.25) is 0 Å². The second kappa shape index (κ2) is 17.2. The van der Waals surface area contributed by atoms with E-state index in [4.69, 9.17) is 9.90 Å². The topological polar surface area (TPSA) is 247 Å². The molecule has 0 atom stereocenters. The zero-order valence-electron chi connectivity index (χ0n) is 7.23. The van der Waals surface area contributed by atoms with Crippen LogP contribution in [0.15, 0.2) is 0 Å². The van der Waals surface area contributed by atoms with Crippen LogP contribution in [0, 0.1) is 0 Å². The van der Waals surface area contributed by atoms with Crippen molar-refractivity contribution < 1.29 is 23.1 Å². The predicted molar refractivity (Wildman–Crippen MR) is 43.8 cm³/mol. The van der Waals surface area contributed by atoms with Gasteiger partial charge in [-0.1, -0.05) is 0 Å². The maximum atomic E-state index is 10.6. The zero-order chi connectivity index (χ0) is 6.08. The number of rotatable bonds is 0. The molecule has 0 heterocycles. The molecule has 0 aromatic heterocycles. The lowest BCUT2D eigenvalue weighted by atomic mass is 10.7. The Labute approximate surface area is 73.4 Å². The molecule has 19 N–H and O–H groups in total. The summed E-state index contributed by atoms with van der Waals surface area (Å²) >= 11 is 0. The molecule has 0 unspecified atom stereocenters. The van der Waals surface area contributed by atoms with Gasteiger partial charge in [0.05, 0.1) is 0 Å². The van der Waals surface area contributed by atoms with Crippen LogP contribution in [0.3, 0.4) is 0 Å². The molecular weight excluding hydrogens is 197 g/mol. The number of alkyl halides is 3. The van der Waals surface area contributed by atoms with Crippen molar-refractivity contribution in [3.63, 3.8) is 0 Å². The van der Waals surface area contributed by atoms with E-state index in [2.05, 4.69) is 0 Å². The fourth-order valence-corrected chi connectivity index (χ4v) is 0. The van der Waals surface area contributed by atoms with E-state index in [1.54, 1.807) is 0 Å². The van der Waals surface area contributed by atoms with Crippen molar-refractivity contribution >= 4 is 5.97 Å². The van der Waals surface area contributed by atoms with Gasteiger partial charge in [0.1, 0.15) is 0 Å². The Bertz CT molecular complexity index is 96.4. The molecule has 0 rings (SSSR count). The number of hydrogen-bond donors (Lipinski definition) is 7. The Kier molecular flexibility index (Phi) is 76.6. The lowest BCUT2D eigenvalue weighted by Crippen LogP contribution is -2.21. The molecule has 13 heavy (non-hydrogen) atoms. The molecule has 0 aliphatic carbocycles. The Morgan fingerprint density at radius 3 is 0.923 bits per heavy atom. The van der Waals surface area contributed by atoms with E-state index in [9.17, 15) is 13.2 Å². The average molecular weight is 216 g/mol. The Hall–Kier alpha value is -0.980. The molecule has 0 saturated heterocycles. The van der Waals surface area contributed by atoms with Gasteiger partial charge in [0.15, 0.2) is 0 Å². The molecule has 0 bridgehead atoms. The Morgan fingerprint density at radius 2 is 0.923 bits per heavy atom. The highest BCUT2D eigenvalue weighted by molar-refractivity contribution is 5.73. The van der Waals surface area contributed by atoms with Gasteiger partial charge in [-0.3, -0.25) is 0 Å². The molecule has 0 amide bonds. The molecule has 0 aliphatic rings. The second-order valence-corrected chi connectivity index (χ2v) is 0.803. The van der Waals surface area contributed by atoms with E-state index >= 15 is 0 Å². The normalized spacial score (nSPS) is 6.08. The van der Waals surface area contributed by atoms with Gasteiger partial charge >= 0.3 is 12.1 Å². The first kappa shape index (κ1) is 57.9. The maximum Gasteiger partial charge on any atom is 0.490 e. The molecule has 0 aliphatic heterocycles. The fraction of sp³-hybridized carbons (Fsp3) is 0.500. The molecule has 0 aromatic rings. The van der Waals surface area contributed by atoms with Crippen LogP contribution in [0.5, 0.6) is 0 Å². The number of halogens is 3. The lowest BCUT2D eigenvalue weighted by molar-refractivity contribution is -0.192. The standard InChI is InChI=1S/C2HF3O2.6H3N/c3-2(4,5)1(6)7;;;;;;/h(H,6,7);6*1H3. The van der Waals surface area contributed by atoms with Crippen LogP contribution >= 0.6 is 0 Å². The van der Waals surface area contributed by atoms with Crippen molar-refractivity contribution in [2.24, 2.45) is 0 Å². The monoisotopic (exact) mass is 216 g/mol. The minimum Gasteiger partial charge on any atom is -0.475 e. The smallest absolute Gasteiger partial charge is 0.475 e. The van der Waals surface area contributed by atoms with Crippen molar-refractivity contribution in [1.29, 1.82) is 0 Å². The molecule has 90 valence electrons. The van der Waals surface area contributed by atoms with E-state index in [1.165, 1.54) is 0 Å². The summed E-state index contributed by atoms with van der Waals surface area (Å²) < 4.78 is 31.7. The summed E-state index contributed by atoms with van der Waals surface area (Å²) in [7, 11) is 0. The summed E-state index contributed by atoms with van der Waals surface area (Å²) in [6.07, 6.45) is -5.08. The van der Waals surface area contributed by atoms with E-state index < -0.39 is 12.1 Å². The van der Waals surface area contributed by atoms with Crippen LogP contribution in [-0.2, 0) is 4.79 Å². The molecule has 0 spiro atoms. The first-order valence-corrected chi connectivity index (χ1v) is 1.24. The molecular formula is C2H19F3N6O2. The number of aliphatic carboxylic acids is 1. The SMILES string of the molecule is N.N.N.N.N.N.O=C(O)C(F)(F)F. The van der Waals surface area contributed by atoms with Crippen LogP contribution in [0.25, 0.3) is 0 Å². The number of carbonyl (C=O) groups is 1. The Balaban J connectivity index is -0.0000000120. The first-order valence-electron chi connectivity index (χ1n) is 1.24. The summed E-state index contributed by atoms with van der Waals surface area (Å²) in [5.41, 5.74) is 0. The minimum atomic E-state index is -5.08. The van der Waals surface area contributed by atoms with Crippen LogP contribution in [0.4, 0.5) is 13.2 Å². The van der Waals surface area contributed by atoms with E-state index in [0.717, 1.165) is 0 Å². The van der Waals surface area contributed by atoms with Crippen molar-refractivity contribution in [2.45, 2.75) is 6.18 Å². The number of carboxylic acids is 1. The highest BCUT2D eigenvalue weighted by atomic mass is 19.4. The highest BCUT2D eigenvalue weighted by Crippen LogP contribution is 2.13. The molecule has 0 radical (unpaired) electrons. The summed E-state index contributed by atoms with van der Waals surface area (Å²) in [5, 5.41) is 7.12. The molecule has 0 fully saturated rings. The largest absolute Gasteiger partial charge is 0.490 e. The van der Waals surface area contributed by atoms with Crippen molar-refractivity contribution in [2.75, 3.05) is 0 Å². The third kappa shape index (κ3) is 35.6. The summed E-state index contributed by atoms with van der Waals surface area (Å²) in [5.74, 6) is -2.76. The van der Waals surface area contributed by atoms with Gasteiger partial charge in [0, 0.05) is 0 Å². The summed E-state index contributed by atoms with van der Waals surface area (Å²) in [4.78, 5) is 8.90. The Morgan fingerprint density at radius 1 is 0.846 bits per heavy atom. The van der Waals surface area contributed by atoms with Gasteiger partial charge in [0.25, 0.3) is 0 Å². The van der Waals surface area contributed by atoms with Crippen LogP contribution in [-0.4, -0.2) is 17.3 Å². The molecule has 0 aromatic carbocycles. The van der Waals surface area contributed by atoms with Gasteiger partial charge in [-0.15, -0.1) is 0 Å². The average Bonchev–Trinajstić information content (AvgIpc) is 1.31. The van der Waals surface area contributed by atoms with Gasteiger partial charge < -0.3 is 42.0 Å². The van der Waals surface area contributed by atoms with Gasteiger partial charge in [-0.05, 0) is 0 Å². The van der Waals surface area contributed by atoms with Gasteiger partial charge in [-0.2, -0.15) is 13.2 Å². The number of hydrogen-bond acceptors (Lipinski definition) is 7. The summed E-state index contributed by atoms with van der Waals surface area (Å²) in [6.45, 7) is 0. The molecule has 8 nitrogen and oxygen atoms in total. The maximum absolute atomic E-state index is 10.6. The van der Waals surface area contributed by atoms with Crippen molar-refractivity contribution in [1.82, 2.24) is 36.9 Å². The van der Waals surface area contributed by atoms with Gasteiger partial charge in [-0.25, -0.2) is 4.79 Å². The lowest BCUT2D eigenvalue weighted by Gasteiger charge is -1.93. The summed E-state index contributed by atoms with van der Waals surface area (Å²) in [6, 6.07) is 0. The molecule has 11 heteroatoms. The second-order valence-electron chi connectivity index (χ2n) is 0.803. The van der Waals surface area contributed by atoms with Crippen molar-refractivity contribution in [3.05, 3.63) is 0 Å². The number of carboxylic acid groups (broad SMARTS) is 1. The third-order valence-corrected chi connectivity index (χ3v) is 0.243. The highest BCUT2D eigenvalue weighted by Gasteiger charge is 2.38. The predicted octanol–water partition coefficient (Wildman–Crippen LogP) is 1.61. The minimum absolute atomic E-state index is 0. The quantitative estimate of drug-likeness (QED) is 0.312. The van der Waals surface area contributed by atoms with E-state index in [-0.39, 0.29) is 36.9 Å². The van der Waals surface area contributed by atoms with E-state index in [1.807, 2.05) is 0 Å². The van der Waals surface area contributed by atoms with Crippen molar-refractivity contribution in [3.8, 4) is 0 Å². The first-order chi connectivity index (χ1) is 2.94. The van der Waals surface area contributed by atoms with Crippen LogP contribution in [0.1, 0.15) is 0 Å².